The summed E-state index contributed by atoms with van der Waals surface area (Å²) in [6.45, 7) is 2.62. The minimum absolute atomic E-state index is 0.00751. The average molecular weight is 239 g/mol. The van der Waals surface area contributed by atoms with Crippen LogP contribution in [0.1, 0.15) is 21.5 Å². The van der Waals surface area contributed by atoms with Gasteiger partial charge in [-0.25, -0.2) is 0 Å². The van der Waals surface area contributed by atoms with Crippen molar-refractivity contribution in [2.75, 3.05) is 0 Å². The largest absolute Gasteiger partial charge is 0.457 e. The van der Waals surface area contributed by atoms with Gasteiger partial charge in [-0.1, -0.05) is 17.7 Å². The zero-order chi connectivity index (χ0) is 12.5. The van der Waals surface area contributed by atoms with Crippen molar-refractivity contribution in [1.82, 2.24) is 5.32 Å². The van der Waals surface area contributed by atoms with Crippen LogP contribution in [0.25, 0.3) is 0 Å². The Labute approximate surface area is 105 Å². The van der Waals surface area contributed by atoms with E-state index in [2.05, 4.69) is 5.32 Å². The molecule has 1 N–H and O–H groups in total. The molecule has 2 aromatic carbocycles. The number of carbonyl (C=O) groups is 1. The first-order valence-corrected chi connectivity index (χ1v) is 5.88. The fraction of sp³-hybridized carbons (Fsp3) is 0.133. The number of ether oxygens (including phenoxy) is 1. The highest BCUT2D eigenvalue weighted by molar-refractivity contribution is 5.98. The maximum Gasteiger partial charge on any atom is 0.251 e. The van der Waals surface area contributed by atoms with Crippen molar-refractivity contribution < 1.29 is 9.53 Å². The molecular weight excluding hydrogens is 226 g/mol. The van der Waals surface area contributed by atoms with Gasteiger partial charge in [0.1, 0.15) is 11.5 Å². The number of amides is 1. The van der Waals surface area contributed by atoms with Gasteiger partial charge in [-0.3, -0.25) is 4.79 Å². The second-order valence-electron chi connectivity index (χ2n) is 4.42. The molecule has 18 heavy (non-hydrogen) atoms. The number of benzene rings is 2. The molecule has 0 radical (unpaired) electrons. The molecule has 3 rings (SSSR count). The molecule has 90 valence electrons. The van der Waals surface area contributed by atoms with Gasteiger partial charge in [0.2, 0.25) is 0 Å². The highest BCUT2D eigenvalue weighted by Gasteiger charge is 2.18. The number of fused-ring (bicyclic) bond motifs is 1. The second kappa shape index (κ2) is 4.18. The van der Waals surface area contributed by atoms with E-state index in [1.54, 1.807) is 6.07 Å². The second-order valence-corrected chi connectivity index (χ2v) is 4.42. The zero-order valence-corrected chi connectivity index (χ0v) is 10.1. The number of aryl methyl sites for hydroxylation is 1. The summed E-state index contributed by atoms with van der Waals surface area (Å²) in [4.78, 5) is 11.4. The van der Waals surface area contributed by atoms with Crippen molar-refractivity contribution in [2.24, 2.45) is 0 Å². The van der Waals surface area contributed by atoms with Crippen LogP contribution < -0.4 is 10.1 Å². The summed E-state index contributed by atoms with van der Waals surface area (Å²) in [7, 11) is 0. The van der Waals surface area contributed by atoms with Crippen LogP contribution in [0.15, 0.2) is 42.5 Å². The Kier molecular flexibility index (Phi) is 2.52. The Morgan fingerprint density at radius 3 is 2.56 bits per heavy atom. The van der Waals surface area contributed by atoms with Crippen LogP contribution in [0.5, 0.6) is 11.5 Å². The summed E-state index contributed by atoms with van der Waals surface area (Å²) >= 11 is 0. The van der Waals surface area contributed by atoms with E-state index in [-0.39, 0.29) is 5.91 Å². The molecule has 1 aliphatic rings. The minimum atomic E-state index is -0.00751. The Balaban J connectivity index is 1.86. The van der Waals surface area contributed by atoms with Gasteiger partial charge < -0.3 is 10.1 Å². The van der Waals surface area contributed by atoms with Gasteiger partial charge >= 0.3 is 0 Å². The molecule has 0 saturated carbocycles. The van der Waals surface area contributed by atoms with Crippen molar-refractivity contribution in [1.29, 1.82) is 0 Å². The summed E-state index contributed by atoms with van der Waals surface area (Å²) in [6, 6.07) is 13.4. The third-order valence-corrected chi connectivity index (χ3v) is 3.02. The fourth-order valence-electron chi connectivity index (χ4n) is 2.01. The number of hydrogen-bond acceptors (Lipinski definition) is 2. The molecule has 1 aliphatic heterocycles. The predicted octanol–water partition coefficient (Wildman–Crippen LogP) is 3.03. The van der Waals surface area contributed by atoms with Gasteiger partial charge in [0.15, 0.2) is 0 Å². The molecule has 0 bridgehead atoms. The number of nitrogens with one attached hydrogen (secondary N) is 1. The van der Waals surface area contributed by atoms with E-state index < -0.39 is 0 Å². The van der Waals surface area contributed by atoms with Crippen LogP contribution in [0, 0.1) is 6.92 Å². The summed E-state index contributed by atoms with van der Waals surface area (Å²) in [6.07, 6.45) is 0. The Morgan fingerprint density at radius 1 is 1.06 bits per heavy atom. The third-order valence-electron chi connectivity index (χ3n) is 3.02. The molecule has 0 aliphatic carbocycles. The first kappa shape index (κ1) is 10.8. The minimum Gasteiger partial charge on any atom is -0.457 e. The molecule has 0 fully saturated rings. The Bertz CT molecular complexity index is 602. The van der Waals surface area contributed by atoms with E-state index in [4.69, 9.17) is 4.74 Å². The van der Waals surface area contributed by atoms with Crippen molar-refractivity contribution >= 4 is 5.91 Å². The maximum atomic E-state index is 11.4. The summed E-state index contributed by atoms with van der Waals surface area (Å²) in [5.41, 5.74) is 2.93. The molecule has 3 nitrogen and oxygen atoms in total. The molecule has 0 atom stereocenters. The van der Waals surface area contributed by atoms with Crippen molar-refractivity contribution in [2.45, 2.75) is 13.5 Å². The lowest BCUT2D eigenvalue weighted by Gasteiger charge is -2.07. The standard InChI is InChI=1S/C15H13NO2/c1-10-2-4-12(5-3-10)18-13-6-7-14-11(8-13)9-16-15(14)17/h2-8H,9H2,1H3,(H,16,17). The summed E-state index contributed by atoms with van der Waals surface area (Å²) < 4.78 is 5.75. The van der Waals surface area contributed by atoms with Crippen molar-refractivity contribution in [3.63, 3.8) is 0 Å². The van der Waals surface area contributed by atoms with Crippen LogP contribution in [0.4, 0.5) is 0 Å². The summed E-state index contributed by atoms with van der Waals surface area (Å²) in [5, 5.41) is 2.79. The van der Waals surface area contributed by atoms with E-state index in [0.717, 1.165) is 22.6 Å². The Hall–Kier alpha value is -2.29. The molecule has 1 amide bonds. The van der Waals surface area contributed by atoms with E-state index in [0.29, 0.717) is 6.54 Å². The normalized spacial score (nSPS) is 13.1. The quantitative estimate of drug-likeness (QED) is 0.874. The van der Waals surface area contributed by atoms with E-state index in [9.17, 15) is 4.79 Å². The van der Waals surface area contributed by atoms with E-state index >= 15 is 0 Å². The molecule has 0 unspecified atom stereocenters. The first-order chi connectivity index (χ1) is 8.72. The lowest BCUT2D eigenvalue weighted by Crippen LogP contribution is -2.12. The zero-order valence-electron chi connectivity index (χ0n) is 10.1. The summed E-state index contributed by atoms with van der Waals surface area (Å²) in [5.74, 6) is 1.55. The first-order valence-electron chi connectivity index (χ1n) is 5.88. The Morgan fingerprint density at radius 2 is 1.78 bits per heavy atom. The van der Waals surface area contributed by atoms with E-state index in [1.165, 1.54) is 5.56 Å². The third kappa shape index (κ3) is 1.95. The fourth-order valence-corrected chi connectivity index (χ4v) is 2.01. The van der Waals surface area contributed by atoms with Gasteiger partial charge in [0.05, 0.1) is 0 Å². The smallest absolute Gasteiger partial charge is 0.251 e. The number of rotatable bonds is 2. The molecule has 0 saturated heterocycles. The van der Waals surface area contributed by atoms with Crippen molar-refractivity contribution in [3.8, 4) is 11.5 Å². The van der Waals surface area contributed by atoms with Crippen LogP contribution in [-0.4, -0.2) is 5.91 Å². The predicted molar refractivity (Wildman–Crippen MR) is 68.9 cm³/mol. The van der Waals surface area contributed by atoms with Gasteiger partial charge in [0.25, 0.3) is 5.91 Å². The van der Waals surface area contributed by atoms with Gasteiger partial charge in [-0.05, 0) is 42.8 Å². The van der Waals surface area contributed by atoms with Crippen LogP contribution in [0.3, 0.4) is 0 Å². The van der Waals surface area contributed by atoms with Crippen LogP contribution in [-0.2, 0) is 6.54 Å². The van der Waals surface area contributed by atoms with Gasteiger partial charge in [0, 0.05) is 12.1 Å². The highest BCUT2D eigenvalue weighted by atomic mass is 16.5. The maximum absolute atomic E-state index is 11.4. The molecule has 0 spiro atoms. The van der Waals surface area contributed by atoms with E-state index in [1.807, 2.05) is 43.3 Å². The van der Waals surface area contributed by atoms with Crippen LogP contribution >= 0.6 is 0 Å². The lowest BCUT2D eigenvalue weighted by atomic mass is 10.1. The molecule has 1 heterocycles. The van der Waals surface area contributed by atoms with Crippen molar-refractivity contribution in [3.05, 3.63) is 59.2 Å². The SMILES string of the molecule is Cc1ccc(Oc2ccc3c(c2)CNC3=O)cc1. The topological polar surface area (TPSA) is 38.3 Å². The lowest BCUT2D eigenvalue weighted by molar-refractivity contribution is 0.0966. The van der Waals surface area contributed by atoms with Gasteiger partial charge in [-0.2, -0.15) is 0 Å². The van der Waals surface area contributed by atoms with Crippen LogP contribution in [0.2, 0.25) is 0 Å². The van der Waals surface area contributed by atoms with Gasteiger partial charge in [-0.15, -0.1) is 0 Å². The molecule has 3 heteroatoms. The monoisotopic (exact) mass is 239 g/mol. The number of hydrogen-bond donors (Lipinski definition) is 1. The molecule has 2 aromatic rings. The molecular formula is C15H13NO2. The number of carbonyl (C=O) groups excluding carboxylic acids is 1. The highest BCUT2D eigenvalue weighted by Crippen LogP contribution is 2.26. The average Bonchev–Trinajstić information content (AvgIpc) is 2.74. The molecule has 0 aromatic heterocycles.